The highest BCUT2D eigenvalue weighted by Crippen LogP contribution is 2.00. The number of rotatable bonds is 14. The van der Waals surface area contributed by atoms with Gasteiger partial charge in [-0.3, -0.25) is 0 Å². The summed E-state index contributed by atoms with van der Waals surface area (Å²) >= 11 is 5.02. The molecule has 0 rings (SSSR count). The van der Waals surface area contributed by atoms with Crippen LogP contribution in [0.25, 0.3) is 0 Å². The van der Waals surface area contributed by atoms with Gasteiger partial charge in [0.2, 0.25) is 0 Å². The van der Waals surface area contributed by atoms with E-state index in [0.717, 1.165) is 25.7 Å². The maximum atomic E-state index is 11.4. The summed E-state index contributed by atoms with van der Waals surface area (Å²) in [4.78, 5) is 11.4. The fourth-order valence-corrected chi connectivity index (χ4v) is 1.90. The summed E-state index contributed by atoms with van der Waals surface area (Å²) in [6, 6.07) is 0. The molecule has 0 spiro atoms. The Balaban J connectivity index is 3.34. The van der Waals surface area contributed by atoms with E-state index in [1.54, 1.807) is 0 Å². The first-order valence-electron chi connectivity index (χ1n) is 8.09. The molecular weight excluding hydrogens is 288 g/mol. The van der Waals surface area contributed by atoms with Gasteiger partial charge >= 0.3 is 5.97 Å². The lowest BCUT2D eigenvalue weighted by molar-refractivity contribution is -0.148. The maximum absolute atomic E-state index is 11.4. The molecule has 21 heavy (non-hydrogen) atoms. The molecule has 0 aromatic carbocycles. The molecule has 0 saturated heterocycles. The van der Waals surface area contributed by atoms with E-state index in [9.17, 15) is 4.79 Å². The van der Waals surface area contributed by atoms with Gasteiger partial charge in [-0.05, 0) is 25.1 Å². The van der Waals surface area contributed by atoms with Gasteiger partial charge in [-0.25, -0.2) is 4.79 Å². The van der Waals surface area contributed by atoms with Crippen LogP contribution in [0.2, 0.25) is 0 Å². The molecule has 0 unspecified atom stereocenters. The van der Waals surface area contributed by atoms with Crippen LogP contribution < -0.4 is 0 Å². The average Bonchev–Trinajstić information content (AvgIpc) is 2.47. The zero-order valence-corrected chi connectivity index (χ0v) is 14.3. The van der Waals surface area contributed by atoms with E-state index >= 15 is 0 Å². The quantitative estimate of drug-likeness (QED) is 0.275. The van der Waals surface area contributed by atoms with Crippen molar-refractivity contribution in [2.24, 2.45) is 0 Å². The number of carbonyl (C=O) groups is 1. The van der Waals surface area contributed by atoms with Gasteiger partial charge in [0.1, 0.15) is 13.2 Å². The lowest BCUT2D eigenvalue weighted by Crippen LogP contribution is -2.18. The third kappa shape index (κ3) is 15.5. The van der Waals surface area contributed by atoms with Crippen LogP contribution in [-0.4, -0.2) is 37.4 Å². The van der Waals surface area contributed by atoms with E-state index in [0.29, 0.717) is 18.3 Å². The topological polar surface area (TPSA) is 44.8 Å². The fraction of sp³-hybridized carbons (Fsp3) is 0.875. The molecule has 0 radical (unpaired) electrons. The highest BCUT2D eigenvalue weighted by atomic mass is 32.1. The monoisotopic (exact) mass is 318 g/mol. The van der Waals surface area contributed by atoms with Crippen LogP contribution in [0.4, 0.5) is 0 Å². The van der Waals surface area contributed by atoms with Crippen LogP contribution in [0.5, 0.6) is 0 Å². The van der Waals surface area contributed by atoms with Crippen molar-refractivity contribution < 1.29 is 19.0 Å². The van der Waals surface area contributed by atoms with Gasteiger partial charge in [0.05, 0.1) is 13.2 Å². The fourth-order valence-electron chi connectivity index (χ4n) is 1.73. The molecule has 0 aliphatic heterocycles. The summed E-state index contributed by atoms with van der Waals surface area (Å²) in [7, 11) is 0. The number of ether oxygens (including phenoxy) is 3. The Kier molecular flexibility index (Phi) is 15.2. The van der Waals surface area contributed by atoms with Crippen molar-refractivity contribution in [3.8, 4) is 0 Å². The van der Waals surface area contributed by atoms with Crippen molar-refractivity contribution in [1.82, 2.24) is 0 Å². The lowest BCUT2D eigenvalue weighted by Gasteiger charge is -2.08. The average molecular weight is 318 g/mol. The van der Waals surface area contributed by atoms with Crippen molar-refractivity contribution in [1.29, 1.82) is 0 Å². The first kappa shape index (κ1) is 20.3. The molecule has 4 nitrogen and oxygen atoms in total. The van der Waals surface area contributed by atoms with Gasteiger partial charge in [0.15, 0.2) is 5.05 Å². The first-order chi connectivity index (χ1) is 10.2. The molecule has 0 aliphatic rings. The lowest BCUT2D eigenvalue weighted by atomic mass is 10.2. The highest BCUT2D eigenvalue weighted by Gasteiger charge is 2.05. The summed E-state index contributed by atoms with van der Waals surface area (Å²) < 4.78 is 15.6. The second-order valence-corrected chi connectivity index (χ2v) is 5.51. The molecule has 0 aromatic heterocycles. The van der Waals surface area contributed by atoms with Gasteiger partial charge in [-0.15, -0.1) is 0 Å². The Morgan fingerprint density at radius 1 is 0.810 bits per heavy atom. The SMILES string of the molecule is CCCCCCOC(=O)COCC(=S)OCCCCCC. The van der Waals surface area contributed by atoms with Crippen LogP contribution in [-0.2, 0) is 19.0 Å². The molecule has 0 amide bonds. The zero-order valence-electron chi connectivity index (χ0n) is 13.5. The Morgan fingerprint density at radius 2 is 1.38 bits per heavy atom. The second-order valence-electron chi connectivity index (χ2n) is 5.06. The summed E-state index contributed by atoms with van der Waals surface area (Å²) in [5.41, 5.74) is 0. The third-order valence-corrected chi connectivity index (χ3v) is 3.20. The number of unbranched alkanes of at least 4 members (excludes halogenated alkanes) is 6. The van der Waals surface area contributed by atoms with Gasteiger partial charge < -0.3 is 14.2 Å². The second kappa shape index (κ2) is 15.7. The van der Waals surface area contributed by atoms with Crippen molar-refractivity contribution in [2.45, 2.75) is 65.2 Å². The highest BCUT2D eigenvalue weighted by molar-refractivity contribution is 7.80. The van der Waals surface area contributed by atoms with Gasteiger partial charge in [-0.1, -0.05) is 52.4 Å². The summed E-state index contributed by atoms with van der Waals surface area (Å²) in [5, 5.41) is 0.405. The molecule has 0 atom stereocenters. The molecule has 0 heterocycles. The Hall–Kier alpha value is -0.680. The van der Waals surface area contributed by atoms with E-state index in [-0.39, 0.29) is 19.2 Å². The van der Waals surface area contributed by atoms with Gasteiger partial charge in [0, 0.05) is 0 Å². The molecule has 0 aliphatic carbocycles. The van der Waals surface area contributed by atoms with Crippen LogP contribution >= 0.6 is 12.2 Å². The molecular formula is C16H30O4S. The van der Waals surface area contributed by atoms with Crippen LogP contribution in [0, 0.1) is 0 Å². The first-order valence-corrected chi connectivity index (χ1v) is 8.50. The van der Waals surface area contributed by atoms with Crippen molar-refractivity contribution in [2.75, 3.05) is 26.4 Å². The summed E-state index contributed by atoms with van der Waals surface area (Å²) in [6.07, 6.45) is 8.95. The molecule has 0 aromatic rings. The van der Waals surface area contributed by atoms with Gasteiger partial charge in [-0.2, -0.15) is 0 Å². The minimum absolute atomic E-state index is 0.0624. The molecule has 0 bridgehead atoms. The van der Waals surface area contributed by atoms with Crippen LogP contribution in [0.1, 0.15) is 65.2 Å². The Morgan fingerprint density at radius 3 is 1.95 bits per heavy atom. The molecule has 0 saturated carbocycles. The van der Waals surface area contributed by atoms with Crippen LogP contribution in [0.15, 0.2) is 0 Å². The minimum atomic E-state index is -0.336. The number of hydrogen-bond acceptors (Lipinski definition) is 5. The summed E-state index contributed by atoms with van der Waals surface area (Å²) in [6.45, 7) is 5.53. The standard InChI is InChI=1S/C16H30O4S/c1-3-5-7-9-11-19-15(17)13-18-14-16(21)20-12-10-8-6-4-2/h3-14H2,1-2H3. The normalized spacial score (nSPS) is 10.4. The number of hydrogen-bond donors (Lipinski definition) is 0. The summed E-state index contributed by atoms with van der Waals surface area (Å²) in [5.74, 6) is -0.336. The Labute approximate surface area is 134 Å². The van der Waals surface area contributed by atoms with Crippen molar-refractivity contribution >= 4 is 23.2 Å². The number of thiocarbonyl (C=S) groups is 1. The molecule has 0 N–H and O–H groups in total. The van der Waals surface area contributed by atoms with E-state index in [2.05, 4.69) is 13.8 Å². The zero-order chi connectivity index (χ0) is 15.8. The predicted molar refractivity (Wildman–Crippen MR) is 88.6 cm³/mol. The largest absolute Gasteiger partial charge is 0.485 e. The molecule has 124 valence electrons. The van der Waals surface area contributed by atoms with E-state index < -0.39 is 0 Å². The van der Waals surface area contributed by atoms with E-state index in [1.807, 2.05) is 0 Å². The molecule has 5 heteroatoms. The smallest absolute Gasteiger partial charge is 0.332 e. The van der Waals surface area contributed by atoms with E-state index in [1.165, 1.54) is 25.7 Å². The third-order valence-electron chi connectivity index (χ3n) is 2.96. The predicted octanol–water partition coefficient (Wildman–Crippen LogP) is 4.05. The number of carbonyl (C=O) groups excluding carboxylic acids is 1. The van der Waals surface area contributed by atoms with Gasteiger partial charge in [0.25, 0.3) is 0 Å². The maximum Gasteiger partial charge on any atom is 0.332 e. The van der Waals surface area contributed by atoms with E-state index in [4.69, 9.17) is 26.4 Å². The van der Waals surface area contributed by atoms with Crippen molar-refractivity contribution in [3.05, 3.63) is 0 Å². The minimum Gasteiger partial charge on any atom is -0.485 e. The molecule has 0 fully saturated rings. The number of esters is 1. The van der Waals surface area contributed by atoms with Crippen molar-refractivity contribution in [3.63, 3.8) is 0 Å². The Bertz CT molecular complexity index is 243. The van der Waals surface area contributed by atoms with Crippen LogP contribution in [0.3, 0.4) is 0 Å².